The van der Waals surface area contributed by atoms with Crippen LogP contribution < -0.4 is 0 Å². The quantitative estimate of drug-likeness (QED) is 0.882. The van der Waals surface area contributed by atoms with Crippen molar-refractivity contribution in [2.45, 2.75) is 4.93 Å². The molecule has 0 saturated heterocycles. The highest BCUT2D eigenvalue weighted by Gasteiger charge is 2.59. The second kappa shape index (κ2) is 4.62. The van der Waals surface area contributed by atoms with Crippen LogP contribution in [0.2, 0.25) is 0 Å². The molecule has 0 amide bonds. The van der Waals surface area contributed by atoms with E-state index in [9.17, 15) is 26.8 Å². The fourth-order valence-corrected chi connectivity index (χ4v) is 3.22. The number of carboxylic acid groups (broad SMARTS) is 1. The molecule has 0 spiro atoms. The van der Waals surface area contributed by atoms with E-state index in [0.29, 0.717) is 12.3 Å². The zero-order chi connectivity index (χ0) is 16.0. The van der Waals surface area contributed by atoms with Crippen molar-refractivity contribution < 1.29 is 36.6 Å². The van der Waals surface area contributed by atoms with Gasteiger partial charge in [-0.05, 0) is 12.1 Å². The molecule has 0 bridgehead atoms. The largest absolute Gasteiger partial charge is 0.475 e. The molecule has 21 heavy (non-hydrogen) atoms. The Balaban J connectivity index is 2.80. The molecule has 0 aliphatic carbocycles. The molecule has 0 fully saturated rings. The first-order valence-corrected chi connectivity index (χ1v) is 7.33. The van der Waals surface area contributed by atoms with Crippen LogP contribution in [0.25, 0.3) is 0 Å². The molecule has 2 rings (SSSR count). The molecule has 1 heterocycles. The van der Waals surface area contributed by atoms with E-state index in [1.165, 1.54) is 0 Å². The molecule has 0 radical (unpaired) electrons. The summed E-state index contributed by atoms with van der Waals surface area (Å²) >= 11 is 0. The highest BCUT2D eigenvalue weighted by molar-refractivity contribution is 7.92. The number of rotatable bonds is 3. The van der Waals surface area contributed by atoms with Gasteiger partial charge in [0.2, 0.25) is 21.4 Å². The lowest BCUT2D eigenvalue weighted by Crippen LogP contribution is -2.43. The summed E-state index contributed by atoms with van der Waals surface area (Å²) in [6.45, 7) is 0. The van der Waals surface area contributed by atoms with Crippen LogP contribution in [0.5, 0.6) is 0 Å². The lowest BCUT2D eigenvalue weighted by Gasteiger charge is -2.26. The maximum atomic E-state index is 13.9. The number of benzene rings is 1. The summed E-state index contributed by atoms with van der Waals surface area (Å²) in [6.07, 6.45) is 0.907. The summed E-state index contributed by atoms with van der Waals surface area (Å²) in [4.78, 5) is 19.7. The lowest BCUT2D eigenvalue weighted by atomic mass is 10.0. The first kappa shape index (κ1) is 15.1. The molecule has 1 unspecified atom stereocenters. The molecule has 0 saturated carbocycles. The summed E-state index contributed by atoms with van der Waals surface area (Å²) in [5.41, 5.74) is -1.16. The third kappa shape index (κ3) is 2.09. The molecule has 1 atom stereocenters. The van der Waals surface area contributed by atoms with Gasteiger partial charge in [0.05, 0.1) is 5.56 Å². The number of aliphatic carboxylic acids is 1. The SMILES string of the molecule is CS(=O)(=O)C1(c2c(F)cccc2F)OC(C(=O)O)=CC1=O. The monoisotopic (exact) mass is 318 g/mol. The standard InChI is InChI=1S/C12H8F2O6S/c1-21(18,19)12(9(15)5-8(20-12)11(16)17)10-6(13)3-2-4-7(10)14/h2-5H,1H3,(H,16,17). The number of hydrogen-bond acceptors (Lipinski definition) is 5. The zero-order valence-electron chi connectivity index (χ0n) is 10.5. The maximum absolute atomic E-state index is 13.9. The van der Waals surface area contributed by atoms with Gasteiger partial charge in [-0.25, -0.2) is 22.0 Å². The Hall–Kier alpha value is -2.29. The van der Waals surface area contributed by atoms with E-state index in [1.807, 2.05) is 0 Å². The lowest BCUT2D eigenvalue weighted by molar-refractivity contribution is -0.138. The smallest absolute Gasteiger partial charge is 0.371 e. The van der Waals surface area contributed by atoms with Gasteiger partial charge in [0.1, 0.15) is 11.6 Å². The fourth-order valence-electron chi connectivity index (χ4n) is 1.98. The highest BCUT2D eigenvalue weighted by Crippen LogP contribution is 2.42. The summed E-state index contributed by atoms with van der Waals surface area (Å²) in [5, 5.41) is 8.79. The Kier molecular flexibility index (Phi) is 3.32. The number of hydrogen-bond donors (Lipinski definition) is 1. The summed E-state index contributed by atoms with van der Waals surface area (Å²) in [7, 11) is -4.55. The number of ketones is 1. The second-order valence-electron chi connectivity index (χ2n) is 4.27. The summed E-state index contributed by atoms with van der Waals surface area (Å²) in [6, 6.07) is 2.44. The van der Waals surface area contributed by atoms with Gasteiger partial charge in [0.15, 0.2) is 0 Å². The van der Waals surface area contributed by atoms with Crippen LogP contribution >= 0.6 is 0 Å². The zero-order valence-corrected chi connectivity index (χ0v) is 11.3. The van der Waals surface area contributed by atoms with Crippen molar-refractivity contribution in [3.05, 3.63) is 47.2 Å². The van der Waals surface area contributed by atoms with Crippen molar-refractivity contribution in [2.24, 2.45) is 0 Å². The second-order valence-corrected chi connectivity index (χ2v) is 6.38. The number of carboxylic acids is 1. The van der Waals surface area contributed by atoms with Crippen molar-refractivity contribution in [1.82, 2.24) is 0 Å². The van der Waals surface area contributed by atoms with E-state index in [-0.39, 0.29) is 0 Å². The topological polar surface area (TPSA) is 97.7 Å². The van der Waals surface area contributed by atoms with Crippen molar-refractivity contribution in [1.29, 1.82) is 0 Å². The van der Waals surface area contributed by atoms with E-state index in [2.05, 4.69) is 4.74 Å². The first-order valence-electron chi connectivity index (χ1n) is 5.44. The minimum Gasteiger partial charge on any atom is -0.475 e. The summed E-state index contributed by atoms with van der Waals surface area (Å²) < 4.78 is 56.3. The van der Waals surface area contributed by atoms with E-state index in [1.54, 1.807) is 0 Å². The molecule has 0 aromatic heterocycles. The Bertz CT molecular complexity index is 763. The van der Waals surface area contributed by atoms with Gasteiger partial charge in [-0.15, -0.1) is 0 Å². The molecule has 1 aromatic rings. The number of carbonyl (C=O) groups excluding carboxylic acids is 1. The van der Waals surface area contributed by atoms with E-state index in [4.69, 9.17) is 5.11 Å². The predicted octanol–water partition coefficient (Wildman–Crippen LogP) is 0.730. The molecule has 9 heteroatoms. The van der Waals surface area contributed by atoms with E-state index in [0.717, 1.165) is 18.2 Å². The maximum Gasteiger partial charge on any atom is 0.371 e. The Labute approximate surface area is 117 Å². The summed E-state index contributed by atoms with van der Waals surface area (Å²) in [5.74, 6) is -6.80. The van der Waals surface area contributed by atoms with Crippen LogP contribution in [-0.4, -0.2) is 31.5 Å². The van der Waals surface area contributed by atoms with Crippen molar-refractivity contribution in [3.8, 4) is 0 Å². The first-order chi connectivity index (χ1) is 9.61. The molecular weight excluding hydrogens is 310 g/mol. The van der Waals surface area contributed by atoms with Gasteiger partial charge >= 0.3 is 10.9 Å². The van der Waals surface area contributed by atoms with E-state index >= 15 is 0 Å². The van der Waals surface area contributed by atoms with Crippen LogP contribution in [0.3, 0.4) is 0 Å². The van der Waals surface area contributed by atoms with Crippen LogP contribution in [0, 0.1) is 11.6 Å². The normalized spacial score (nSPS) is 21.9. The van der Waals surface area contributed by atoms with Gasteiger partial charge in [-0.2, -0.15) is 0 Å². The Morgan fingerprint density at radius 1 is 1.29 bits per heavy atom. The van der Waals surface area contributed by atoms with Gasteiger partial charge < -0.3 is 9.84 Å². The van der Waals surface area contributed by atoms with Crippen LogP contribution in [-0.2, 0) is 29.1 Å². The van der Waals surface area contributed by atoms with Crippen LogP contribution in [0.4, 0.5) is 8.78 Å². The molecule has 6 nitrogen and oxygen atoms in total. The fraction of sp³-hybridized carbons (Fsp3) is 0.167. The average molecular weight is 318 g/mol. The number of sulfone groups is 1. The molecule has 1 aliphatic rings. The van der Waals surface area contributed by atoms with Crippen molar-refractivity contribution in [2.75, 3.05) is 6.26 Å². The van der Waals surface area contributed by atoms with Crippen molar-refractivity contribution >= 4 is 21.6 Å². The van der Waals surface area contributed by atoms with Crippen LogP contribution in [0.15, 0.2) is 30.0 Å². The predicted molar refractivity (Wildman–Crippen MR) is 64.7 cm³/mol. The van der Waals surface area contributed by atoms with Crippen LogP contribution in [0.1, 0.15) is 5.56 Å². The third-order valence-corrected chi connectivity index (χ3v) is 4.40. The minimum absolute atomic E-state index is 0.384. The average Bonchev–Trinajstić information content (AvgIpc) is 2.68. The van der Waals surface area contributed by atoms with Gasteiger partial charge in [0.25, 0.3) is 0 Å². The number of ether oxygens (including phenoxy) is 1. The Morgan fingerprint density at radius 3 is 2.19 bits per heavy atom. The van der Waals surface area contributed by atoms with Gasteiger partial charge in [-0.1, -0.05) is 6.07 Å². The molecule has 1 aromatic carbocycles. The van der Waals surface area contributed by atoms with E-state index < -0.39 is 49.5 Å². The Morgan fingerprint density at radius 2 is 1.81 bits per heavy atom. The van der Waals surface area contributed by atoms with Gasteiger partial charge in [0, 0.05) is 12.3 Å². The molecule has 1 N–H and O–H groups in total. The highest BCUT2D eigenvalue weighted by atomic mass is 32.2. The molecule has 112 valence electrons. The number of halogens is 2. The minimum atomic E-state index is -4.55. The number of carbonyl (C=O) groups is 2. The molecule has 1 aliphatic heterocycles. The molecular formula is C12H8F2O6S. The van der Waals surface area contributed by atoms with Crippen molar-refractivity contribution in [3.63, 3.8) is 0 Å². The van der Waals surface area contributed by atoms with Gasteiger partial charge in [-0.3, -0.25) is 4.79 Å². The third-order valence-electron chi connectivity index (χ3n) is 2.87.